The molecule has 7 nitrogen and oxygen atoms in total. The van der Waals surface area contributed by atoms with Crippen LogP contribution in [0.4, 0.5) is 5.69 Å². The Labute approximate surface area is 199 Å². The number of carbonyl (C=O) groups is 1. The number of rotatable bonds is 8. The van der Waals surface area contributed by atoms with Crippen molar-refractivity contribution in [3.63, 3.8) is 0 Å². The fourth-order valence-corrected chi connectivity index (χ4v) is 4.23. The summed E-state index contributed by atoms with van der Waals surface area (Å²) in [5.41, 5.74) is 7.30. The van der Waals surface area contributed by atoms with Gasteiger partial charge in [0, 0.05) is 41.2 Å². The summed E-state index contributed by atoms with van der Waals surface area (Å²) < 4.78 is 12.7. The molecule has 2 heterocycles. The zero-order chi connectivity index (χ0) is 24.2. The van der Waals surface area contributed by atoms with E-state index in [-0.39, 0.29) is 5.91 Å². The highest BCUT2D eigenvalue weighted by Gasteiger charge is 2.17. The molecule has 176 valence electrons. The number of anilines is 1. The van der Waals surface area contributed by atoms with Crippen molar-refractivity contribution < 1.29 is 14.3 Å². The Morgan fingerprint density at radius 1 is 1.06 bits per heavy atom. The molecule has 0 radical (unpaired) electrons. The number of hydrogen-bond donors (Lipinski definition) is 1. The number of carbonyl (C=O) groups excluding carboxylic acids is 1. The molecule has 1 amide bonds. The van der Waals surface area contributed by atoms with E-state index in [1.165, 1.54) is 0 Å². The van der Waals surface area contributed by atoms with Crippen LogP contribution in [0.2, 0.25) is 0 Å². The minimum absolute atomic E-state index is 0.0103. The fraction of sp³-hybridized carbons (Fsp3) is 0.296. The van der Waals surface area contributed by atoms with Gasteiger partial charge in [-0.3, -0.25) is 4.79 Å². The molecule has 0 unspecified atom stereocenters. The maximum atomic E-state index is 12.7. The summed E-state index contributed by atoms with van der Waals surface area (Å²) in [6, 6.07) is 15.5. The number of aromatic nitrogens is 3. The van der Waals surface area contributed by atoms with E-state index >= 15 is 0 Å². The van der Waals surface area contributed by atoms with Crippen LogP contribution in [0, 0.1) is 13.8 Å². The molecule has 4 rings (SSSR count). The van der Waals surface area contributed by atoms with E-state index in [0.717, 1.165) is 57.3 Å². The number of para-hydroxylation sites is 1. The van der Waals surface area contributed by atoms with E-state index in [4.69, 9.17) is 19.6 Å². The Balaban J connectivity index is 1.58. The second-order valence-electron chi connectivity index (χ2n) is 8.19. The molecule has 0 aliphatic heterocycles. The lowest BCUT2D eigenvalue weighted by atomic mass is 10.1. The van der Waals surface area contributed by atoms with E-state index in [0.29, 0.717) is 18.6 Å². The van der Waals surface area contributed by atoms with E-state index in [1.807, 2.05) is 66.9 Å². The maximum absolute atomic E-state index is 12.7. The first kappa shape index (κ1) is 23.3. The van der Waals surface area contributed by atoms with Crippen LogP contribution < -0.4 is 14.8 Å². The molecule has 4 aromatic rings. The number of fused-ring (bicyclic) bond motifs is 1. The zero-order valence-corrected chi connectivity index (χ0v) is 20.3. The molecule has 1 N–H and O–H groups in total. The van der Waals surface area contributed by atoms with Gasteiger partial charge in [0.2, 0.25) is 5.91 Å². The monoisotopic (exact) mass is 458 g/mol. The first-order valence-electron chi connectivity index (χ1n) is 11.4. The average Bonchev–Trinajstić information content (AvgIpc) is 3.27. The predicted octanol–water partition coefficient (Wildman–Crippen LogP) is 5.16. The Morgan fingerprint density at radius 3 is 2.59 bits per heavy atom. The fourth-order valence-electron chi connectivity index (χ4n) is 4.23. The Bertz CT molecular complexity index is 1340. The summed E-state index contributed by atoms with van der Waals surface area (Å²) in [5, 5.41) is 7.85. The maximum Gasteiger partial charge on any atom is 0.224 e. The normalized spacial score (nSPS) is 11.0. The number of methoxy groups -OCH3 is 2. The van der Waals surface area contributed by atoms with Crippen molar-refractivity contribution in [2.24, 2.45) is 0 Å². The molecule has 0 saturated heterocycles. The molecule has 0 aliphatic carbocycles. The summed E-state index contributed by atoms with van der Waals surface area (Å²) in [5.74, 6) is 1.39. The lowest BCUT2D eigenvalue weighted by Crippen LogP contribution is -2.15. The highest BCUT2D eigenvalue weighted by molar-refractivity contribution is 5.91. The van der Waals surface area contributed by atoms with Gasteiger partial charge in [-0.2, -0.15) is 5.10 Å². The standard InChI is InChI=1S/C27H30N4O3/c1-6-19-9-7-8-10-23(19)29-27(32)14-13-21-17(2)28-26-16-24(30-31(26)18(21)3)22-12-11-20(33-4)15-25(22)34-5/h7-12,15-16H,6,13-14H2,1-5H3,(H,29,32). The first-order valence-corrected chi connectivity index (χ1v) is 11.4. The van der Waals surface area contributed by atoms with Crippen molar-refractivity contribution in [2.45, 2.75) is 40.0 Å². The summed E-state index contributed by atoms with van der Waals surface area (Å²) in [4.78, 5) is 17.4. The van der Waals surface area contributed by atoms with E-state index in [2.05, 4.69) is 12.2 Å². The Morgan fingerprint density at radius 2 is 1.85 bits per heavy atom. The van der Waals surface area contributed by atoms with Gasteiger partial charge in [0.1, 0.15) is 11.5 Å². The number of nitrogens with one attached hydrogen (secondary N) is 1. The summed E-state index contributed by atoms with van der Waals surface area (Å²) >= 11 is 0. The highest BCUT2D eigenvalue weighted by Crippen LogP contribution is 2.33. The predicted molar refractivity (Wildman–Crippen MR) is 134 cm³/mol. The number of hydrogen-bond acceptors (Lipinski definition) is 5. The molecule has 7 heteroatoms. The van der Waals surface area contributed by atoms with Gasteiger partial charge >= 0.3 is 0 Å². The summed E-state index contributed by atoms with van der Waals surface area (Å²) in [6.07, 6.45) is 1.82. The molecule has 2 aromatic heterocycles. The number of aryl methyl sites for hydroxylation is 3. The van der Waals surface area contributed by atoms with Crippen molar-refractivity contribution in [3.05, 3.63) is 71.0 Å². The van der Waals surface area contributed by atoms with Crippen molar-refractivity contribution >= 4 is 17.2 Å². The zero-order valence-electron chi connectivity index (χ0n) is 20.3. The summed E-state index contributed by atoms with van der Waals surface area (Å²) in [6.45, 7) is 6.08. The van der Waals surface area contributed by atoms with Crippen LogP contribution in [0.1, 0.15) is 35.9 Å². The molecule has 0 saturated carbocycles. The molecular formula is C27H30N4O3. The van der Waals surface area contributed by atoms with Crippen molar-refractivity contribution in [3.8, 4) is 22.8 Å². The average molecular weight is 459 g/mol. The number of ether oxygens (including phenoxy) is 2. The third kappa shape index (κ3) is 4.59. The van der Waals surface area contributed by atoms with Gasteiger partial charge < -0.3 is 14.8 Å². The van der Waals surface area contributed by atoms with Gasteiger partial charge in [-0.05, 0) is 56.0 Å². The van der Waals surface area contributed by atoms with Crippen molar-refractivity contribution in [1.29, 1.82) is 0 Å². The van der Waals surface area contributed by atoms with E-state index < -0.39 is 0 Å². The molecule has 34 heavy (non-hydrogen) atoms. The number of nitrogens with zero attached hydrogens (tertiary/aromatic N) is 3. The molecule has 0 spiro atoms. The van der Waals surface area contributed by atoms with Crippen LogP contribution in [-0.2, 0) is 17.6 Å². The van der Waals surface area contributed by atoms with Gasteiger partial charge in [0.25, 0.3) is 0 Å². The van der Waals surface area contributed by atoms with Gasteiger partial charge in [0.15, 0.2) is 5.65 Å². The smallest absolute Gasteiger partial charge is 0.224 e. The molecule has 0 atom stereocenters. The van der Waals surface area contributed by atoms with Crippen molar-refractivity contribution in [1.82, 2.24) is 14.6 Å². The second-order valence-corrected chi connectivity index (χ2v) is 8.19. The SMILES string of the molecule is CCc1ccccc1NC(=O)CCc1c(C)nc2cc(-c3ccc(OC)cc3OC)nn2c1C. The lowest BCUT2D eigenvalue weighted by molar-refractivity contribution is -0.116. The van der Waals surface area contributed by atoms with Gasteiger partial charge in [-0.1, -0.05) is 25.1 Å². The second kappa shape index (κ2) is 9.95. The van der Waals surface area contributed by atoms with Gasteiger partial charge in [-0.15, -0.1) is 0 Å². The van der Waals surface area contributed by atoms with Crippen LogP contribution >= 0.6 is 0 Å². The van der Waals surface area contributed by atoms with Gasteiger partial charge in [-0.25, -0.2) is 9.50 Å². The first-order chi connectivity index (χ1) is 16.4. The van der Waals surface area contributed by atoms with Crippen LogP contribution in [0.15, 0.2) is 48.5 Å². The van der Waals surface area contributed by atoms with Crippen molar-refractivity contribution in [2.75, 3.05) is 19.5 Å². The largest absolute Gasteiger partial charge is 0.497 e. The van der Waals surface area contributed by atoms with Crippen LogP contribution in [0.25, 0.3) is 16.9 Å². The van der Waals surface area contributed by atoms with Crippen LogP contribution in [0.5, 0.6) is 11.5 Å². The molecule has 0 fully saturated rings. The molecule has 0 aliphatic rings. The van der Waals surface area contributed by atoms with Crippen LogP contribution in [0.3, 0.4) is 0 Å². The Hall–Kier alpha value is -3.87. The molecule has 0 bridgehead atoms. The summed E-state index contributed by atoms with van der Waals surface area (Å²) in [7, 11) is 3.25. The highest BCUT2D eigenvalue weighted by atomic mass is 16.5. The van der Waals surface area contributed by atoms with E-state index in [1.54, 1.807) is 14.2 Å². The minimum Gasteiger partial charge on any atom is -0.497 e. The number of benzene rings is 2. The minimum atomic E-state index is -0.0103. The Kier molecular flexibility index (Phi) is 6.82. The molecular weight excluding hydrogens is 428 g/mol. The lowest BCUT2D eigenvalue weighted by Gasteiger charge is -2.12. The third-order valence-corrected chi connectivity index (χ3v) is 6.12. The van der Waals surface area contributed by atoms with Gasteiger partial charge in [0.05, 0.1) is 19.9 Å². The van der Waals surface area contributed by atoms with E-state index in [9.17, 15) is 4.79 Å². The number of amides is 1. The third-order valence-electron chi connectivity index (χ3n) is 6.12. The van der Waals surface area contributed by atoms with Crippen LogP contribution in [-0.4, -0.2) is 34.7 Å². The topological polar surface area (TPSA) is 77.8 Å². The molecule has 2 aromatic carbocycles. The quantitative estimate of drug-likeness (QED) is 0.394.